The molecular formula is C11H18IN2O3-. The smallest absolute Gasteiger partial charge is 0.181 e. The number of aromatic hydroxyl groups is 1. The molecule has 0 saturated carbocycles. The minimum Gasteiger partial charge on any atom is -1.00 e. The van der Waals surface area contributed by atoms with Gasteiger partial charge in [-0.25, -0.2) is 4.57 Å². The zero-order chi connectivity index (χ0) is 12.9. The second-order valence-corrected chi connectivity index (χ2v) is 3.72. The second-order valence-electron chi connectivity index (χ2n) is 3.72. The van der Waals surface area contributed by atoms with Crippen molar-refractivity contribution in [1.82, 2.24) is 4.90 Å². The maximum atomic E-state index is 9.51. The Hall–Kier alpha value is -1.05. The molecule has 1 N–H and O–H groups in total. The Morgan fingerprint density at radius 1 is 1.29 bits per heavy atom. The molecule has 0 unspecified atom stereocenters. The van der Waals surface area contributed by atoms with E-state index >= 15 is 0 Å². The van der Waals surface area contributed by atoms with Crippen LogP contribution in [0.25, 0.3) is 0 Å². The van der Waals surface area contributed by atoms with E-state index in [2.05, 4.69) is 0 Å². The molecule has 0 saturated heterocycles. The second kappa shape index (κ2) is 8.10. The van der Waals surface area contributed by atoms with Gasteiger partial charge in [-0.3, -0.25) is 0 Å². The molecule has 0 atom stereocenters. The average molecular weight is 353 g/mol. The van der Waals surface area contributed by atoms with Crippen LogP contribution in [0, 0.1) is 13.8 Å². The first kappa shape index (κ1) is 18.3. The number of aryl methyl sites for hydroxylation is 2. The Kier molecular flexibility index (Phi) is 8.73. The monoisotopic (exact) mass is 353 g/mol. The normalized spacial score (nSPS) is 8.53. The van der Waals surface area contributed by atoms with Crippen LogP contribution in [0.4, 0.5) is 4.79 Å². The van der Waals surface area contributed by atoms with Gasteiger partial charge in [-0.05, 0) is 0 Å². The summed E-state index contributed by atoms with van der Waals surface area (Å²) in [6, 6.07) is 3.49. The fourth-order valence-electron chi connectivity index (χ4n) is 0.942. The molecule has 5 nitrogen and oxygen atoms in total. The Morgan fingerprint density at radius 2 is 1.59 bits per heavy atom. The average Bonchev–Trinajstić information content (AvgIpc) is 2.14. The van der Waals surface area contributed by atoms with Crippen LogP contribution in [0.1, 0.15) is 11.4 Å². The summed E-state index contributed by atoms with van der Waals surface area (Å²) >= 11 is 0. The summed E-state index contributed by atoms with van der Waals surface area (Å²) in [5.41, 5.74) is 2.13. The summed E-state index contributed by atoms with van der Waals surface area (Å²) in [6.07, 6.45) is -1.16. The number of hydrogen-bond donors (Lipinski definition) is 1. The Labute approximate surface area is 119 Å². The standard InChI is InChI=1S/C8H11NO.C3H7NO2.HI/c1-6-4-8(10)5-7(2)9(6)3;1-4(2)3(5)6;/h4-5H,1-3H3;1-2H3,(H,5,6);1H/p-1. The zero-order valence-corrected chi connectivity index (χ0v) is 12.8. The van der Waals surface area contributed by atoms with E-state index in [4.69, 9.17) is 5.11 Å². The molecule has 1 amide bonds. The zero-order valence-electron chi connectivity index (χ0n) is 10.7. The van der Waals surface area contributed by atoms with Crippen molar-refractivity contribution >= 4 is 6.09 Å². The van der Waals surface area contributed by atoms with Crippen LogP contribution in [0.15, 0.2) is 12.1 Å². The predicted molar refractivity (Wildman–Crippen MR) is 57.8 cm³/mol. The van der Waals surface area contributed by atoms with Gasteiger partial charge in [0.15, 0.2) is 11.4 Å². The minimum atomic E-state index is -1.16. The van der Waals surface area contributed by atoms with Gasteiger partial charge in [0, 0.05) is 40.1 Å². The largest absolute Gasteiger partial charge is 1.00 e. The first-order chi connectivity index (χ1) is 7.25. The fraction of sp³-hybridized carbons (Fsp3) is 0.455. The maximum Gasteiger partial charge on any atom is 0.181 e. The van der Waals surface area contributed by atoms with Crippen molar-refractivity contribution in [3.8, 4) is 5.75 Å². The highest BCUT2D eigenvalue weighted by atomic mass is 127. The number of carbonyl (C=O) groups excluding carboxylic acids is 1. The van der Waals surface area contributed by atoms with Crippen molar-refractivity contribution in [3.63, 3.8) is 0 Å². The fourth-order valence-corrected chi connectivity index (χ4v) is 0.942. The number of carbonyl (C=O) groups is 1. The summed E-state index contributed by atoms with van der Waals surface area (Å²) in [5, 5.41) is 18.6. The molecule has 0 aliphatic rings. The molecule has 0 aliphatic carbocycles. The van der Waals surface area contributed by atoms with Crippen molar-refractivity contribution in [2.75, 3.05) is 14.1 Å². The van der Waals surface area contributed by atoms with Crippen LogP contribution in [-0.4, -0.2) is 30.2 Å². The molecule has 1 heterocycles. The van der Waals surface area contributed by atoms with Crippen LogP contribution >= 0.6 is 0 Å². The van der Waals surface area contributed by atoms with Gasteiger partial charge in [0.1, 0.15) is 18.9 Å². The Bertz CT molecular complexity index is 358. The third-order valence-electron chi connectivity index (χ3n) is 2.14. The molecule has 6 heteroatoms. The van der Waals surface area contributed by atoms with E-state index in [1.54, 1.807) is 12.1 Å². The van der Waals surface area contributed by atoms with E-state index in [0.29, 0.717) is 5.75 Å². The van der Waals surface area contributed by atoms with Crippen LogP contribution in [-0.2, 0) is 7.05 Å². The predicted octanol–water partition coefficient (Wildman–Crippen LogP) is -3.27. The molecule has 98 valence electrons. The first-order valence-electron chi connectivity index (χ1n) is 4.80. The van der Waals surface area contributed by atoms with Crippen molar-refractivity contribution in [1.29, 1.82) is 0 Å². The van der Waals surface area contributed by atoms with Gasteiger partial charge < -0.3 is 43.9 Å². The van der Waals surface area contributed by atoms with E-state index in [1.165, 1.54) is 14.1 Å². The number of aromatic nitrogens is 1. The molecule has 0 spiro atoms. The van der Waals surface area contributed by atoms with Gasteiger partial charge in [-0.2, -0.15) is 0 Å². The quantitative estimate of drug-likeness (QED) is 0.393. The highest BCUT2D eigenvalue weighted by Crippen LogP contribution is 2.08. The van der Waals surface area contributed by atoms with Crippen LogP contribution in [0.5, 0.6) is 5.75 Å². The van der Waals surface area contributed by atoms with Gasteiger partial charge >= 0.3 is 0 Å². The lowest BCUT2D eigenvalue weighted by Gasteiger charge is -2.10. The van der Waals surface area contributed by atoms with E-state index in [-0.39, 0.29) is 24.0 Å². The summed E-state index contributed by atoms with van der Waals surface area (Å²) in [5.74, 6) is 0.341. The lowest BCUT2D eigenvalue weighted by molar-refractivity contribution is -0.683. The van der Waals surface area contributed by atoms with Gasteiger partial charge in [0.2, 0.25) is 0 Å². The lowest BCUT2D eigenvalue weighted by atomic mass is 10.3. The topological polar surface area (TPSA) is 67.5 Å². The number of hydrogen-bond acceptors (Lipinski definition) is 3. The van der Waals surface area contributed by atoms with Gasteiger partial charge in [0.05, 0.1) is 0 Å². The summed E-state index contributed by atoms with van der Waals surface area (Å²) in [4.78, 5) is 10.5. The highest BCUT2D eigenvalue weighted by molar-refractivity contribution is 5.61. The van der Waals surface area contributed by atoms with Crippen molar-refractivity contribution < 1.29 is 43.6 Å². The first-order valence-corrected chi connectivity index (χ1v) is 4.80. The van der Waals surface area contributed by atoms with Crippen molar-refractivity contribution in [2.45, 2.75) is 13.8 Å². The number of pyridine rings is 1. The molecule has 1 rings (SSSR count). The highest BCUT2D eigenvalue weighted by Gasteiger charge is 2.05. The minimum absolute atomic E-state index is 0. The van der Waals surface area contributed by atoms with Crippen molar-refractivity contribution in [3.05, 3.63) is 23.5 Å². The SMILES string of the molecule is CN(C)C(=O)[O-].Cc1cc(O)cc(C)[n+]1C.[I-]. The Balaban J connectivity index is 0. The Morgan fingerprint density at radius 3 is 1.82 bits per heavy atom. The summed E-state index contributed by atoms with van der Waals surface area (Å²) in [7, 11) is 4.80. The van der Waals surface area contributed by atoms with Gasteiger partial charge in [0.25, 0.3) is 0 Å². The molecular weight excluding hydrogens is 335 g/mol. The van der Waals surface area contributed by atoms with E-state index in [1.807, 2.05) is 25.5 Å². The van der Waals surface area contributed by atoms with E-state index < -0.39 is 6.09 Å². The molecule has 17 heavy (non-hydrogen) atoms. The number of nitrogens with zero attached hydrogens (tertiary/aromatic N) is 2. The van der Waals surface area contributed by atoms with Gasteiger partial charge in [-0.15, -0.1) is 0 Å². The number of rotatable bonds is 0. The number of amides is 1. The van der Waals surface area contributed by atoms with Crippen LogP contribution < -0.4 is 33.7 Å². The molecule has 0 aromatic carbocycles. The molecule has 0 fully saturated rings. The van der Waals surface area contributed by atoms with Gasteiger partial charge in [-0.1, -0.05) is 0 Å². The lowest BCUT2D eigenvalue weighted by Crippen LogP contribution is -3.00. The number of halogens is 1. The summed E-state index contributed by atoms with van der Waals surface area (Å²) in [6.45, 7) is 3.93. The third-order valence-corrected chi connectivity index (χ3v) is 2.14. The third kappa shape index (κ3) is 6.98. The molecule has 0 radical (unpaired) electrons. The molecule has 1 aromatic rings. The summed E-state index contributed by atoms with van der Waals surface area (Å²) < 4.78 is 2.03. The van der Waals surface area contributed by atoms with Crippen LogP contribution in [0.3, 0.4) is 0 Å². The molecule has 1 aromatic heterocycles. The molecule has 0 aliphatic heterocycles. The van der Waals surface area contributed by atoms with E-state index in [9.17, 15) is 9.90 Å². The number of carboxylic acid groups (broad SMARTS) is 1. The maximum absolute atomic E-state index is 9.51. The van der Waals surface area contributed by atoms with E-state index in [0.717, 1.165) is 16.3 Å². The van der Waals surface area contributed by atoms with Crippen LogP contribution in [0.2, 0.25) is 0 Å². The molecule has 0 bridgehead atoms. The van der Waals surface area contributed by atoms with Crippen molar-refractivity contribution in [2.24, 2.45) is 7.05 Å².